The molecule has 5 nitrogen and oxygen atoms in total. The van der Waals surface area contributed by atoms with Crippen LogP contribution in [0, 0.1) is 11.6 Å². The minimum atomic E-state index is -1.31. The fraction of sp³-hybridized carbons (Fsp3) is 0.429. The molecule has 0 saturated carbocycles. The summed E-state index contributed by atoms with van der Waals surface area (Å²) in [6.07, 6.45) is -0.800. The van der Waals surface area contributed by atoms with Crippen molar-refractivity contribution in [1.82, 2.24) is 5.32 Å². The van der Waals surface area contributed by atoms with E-state index in [-0.39, 0.29) is 12.1 Å². The molecule has 0 aliphatic carbocycles. The van der Waals surface area contributed by atoms with Crippen LogP contribution in [0.1, 0.15) is 32.3 Å². The minimum Gasteiger partial charge on any atom is -0.481 e. The molecule has 1 atom stereocenters. The summed E-state index contributed by atoms with van der Waals surface area (Å²) in [5, 5.41) is 11.4. The number of halogens is 2. The van der Waals surface area contributed by atoms with Crippen LogP contribution in [-0.2, 0) is 9.53 Å². The third-order valence-corrected chi connectivity index (χ3v) is 2.43. The van der Waals surface area contributed by atoms with Gasteiger partial charge in [0.1, 0.15) is 17.2 Å². The maximum Gasteiger partial charge on any atom is 0.407 e. The summed E-state index contributed by atoms with van der Waals surface area (Å²) in [6.45, 7) is 4.63. The lowest BCUT2D eigenvalue weighted by Crippen LogP contribution is -2.36. The van der Waals surface area contributed by atoms with Gasteiger partial charge in [-0.05, 0) is 38.5 Å². The highest BCUT2D eigenvalue weighted by Crippen LogP contribution is 2.18. The molecule has 1 unspecified atom stereocenters. The molecule has 0 heterocycles. The van der Waals surface area contributed by atoms with Crippen molar-refractivity contribution >= 4 is 12.1 Å². The van der Waals surface area contributed by atoms with E-state index < -0.39 is 35.2 Å². The van der Waals surface area contributed by atoms with Crippen LogP contribution in [0.4, 0.5) is 13.6 Å². The fourth-order valence-corrected chi connectivity index (χ4v) is 1.62. The summed E-state index contributed by atoms with van der Waals surface area (Å²) in [7, 11) is 0. The Hall–Kier alpha value is -2.18. The van der Waals surface area contributed by atoms with Gasteiger partial charge in [-0.15, -0.1) is 0 Å². The van der Waals surface area contributed by atoms with Gasteiger partial charge in [-0.3, -0.25) is 4.79 Å². The Morgan fingerprint density at radius 1 is 1.24 bits per heavy atom. The van der Waals surface area contributed by atoms with Crippen LogP contribution in [-0.4, -0.2) is 29.3 Å². The second-order valence-corrected chi connectivity index (χ2v) is 5.48. The number of alkyl carbamates (subject to hydrolysis) is 1. The van der Waals surface area contributed by atoms with E-state index in [4.69, 9.17) is 9.84 Å². The zero-order valence-corrected chi connectivity index (χ0v) is 11.9. The second kappa shape index (κ2) is 6.51. The van der Waals surface area contributed by atoms with Crippen molar-refractivity contribution < 1.29 is 28.2 Å². The number of ether oxygens (including phenoxy) is 1. The predicted octanol–water partition coefficient (Wildman–Crippen LogP) is 2.66. The van der Waals surface area contributed by atoms with Crippen LogP contribution in [0.3, 0.4) is 0 Å². The van der Waals surface area contributed by atoms with Gasteiger partial charge in [0.25, 0.3) is 0 Å². The van der Waals surface area contributed by atoms with E-state index in [1.54, 1.807) is 20.8 Å². The largest absolute Gasteiger partial charge is 0.481 e. The molecule has 1 aromatic carbocycles. The van der Waals surface area contributed by atoms with Gasteiger partial charge in [-0.2, -0.15) is 0 Å². The van der Waals surface area contributed by atoms with Crippen molar-refractivity contribution in [2.75, 3.05) is 6.54 Å². The van der Waals surface area contributed by atoms with Gasteiger partial charge in [0.2, 0.25) is 0 Å². The Kier molecular flexibility index (Phi) is 5.23. The number of carbonyl (C=O) groups excluding carboxylic acids is 1. The Balaban J connectivity index is 2.79. The molecule has 116 valence electrons. The molecule has 0 spiro atoms. The normalized spacial score (nSPS) is 12.6. The SMILES string of the molecule is CC(C)(C)OC(=O)NCC(C(=O)O)c1cc(F)cc(F)c1. The van der Waals surface area contributed by atoms with E-state index in [1.165, 1.54) is 0 Å². The van der Waals surface area contributed by atoms with Gasteiger partial charge in [-0.1, -0.05) is 0 Å². The summed E-state index contributed by atoms with van der Waals surface area (Å²) in [5.74, 6) is -4.35. The molecule has 0 aliphatic rings. The van der Waals surface area contributed by atoms with Crippen LogP contribution in [0.2, 0.25) is 0 Å². The number of benzene rings is 1. The molecule has 0 bridgehead atoms. The summed E-state index contributed by atoms with van der Waals surface area (Å²) in [5.41, 5.74) is -0.801. The lowest BCUT2D eigenvalue weighted by atomic mass is 9.99. The maximum absolute atomic E-state index is 13.1. The van der Waals surface area contributed by atoms with Crippen molar-refractivity contribution in [1.29, 1.82) is 0 Å². The molecule has 0 aliphatic heterocycles. The van der Waals surface area contributed by atoms with E-state index in [0.717, 1.165) is 12.1 Å². The van der Waals surface area contributed by atoms with Crippen LogP contribution in [0.5, 0.6) is 0 Å². The Labute approximate surface area is 120 Å². The molecule has 21 heavy (non-hydrogen) atoms. The first kappa shape index (κ1) is 16.9. The average molecular weight is 301 g/mol. The number of carbonyl (C=O) groups is 2. The first-order valence-electron chi connectivity index (χ1n) is 6.24. The average Bonchev–Trinajstić information content (AvgIpc) is 2.24. The zero-order valence-electron chi connectivity index (χ0n) is 11.9. The molecule has 0 saturated heterocycles. The number of nitrogens with one attached hydrogen (secondary N) is 1. The highest BCUT2D eigenvalue weighted by atomic mass is 19.1. The van der Waals surface area contributed by atoms with Gasteiger partial charge in [-0.25, -0.2) is 13.6 Å². The lowest BCUT2D eigenvalue weighted by Gasteiger charge is -2.21. The van der Waals surface area contributed by atoms with Gasteiger partial charge >= 0.3 is 12.1 Å². The summed E-state index contributed by atoms with van der Waals surface area (Å²) in [4.78, 5) is 22.7. The fourth-order valence-electron chi connectivity index (χ4n) is 1.62. The second-order valence-electron chi connectivity index (χ2n) is 5.48. The van der Waals surface area contributed by atoms with Crippen LogP contribution in [0.25, 0.3) is 0 Å². The lowest BCUT2D eigenvalue weighted by molar-refractivity contribution is -0.138. The summed E-state index contributed by atoms with van der Waals surface area (Å²) in [6, 6.07) is 2.47. The van der Waals surface area contributed by atoms with Crippen molar-refractivity contribution in [2.45, 2.75) is 32.3 Å². The molecule has 2 N–H and O–H groups in total. The summed E-state index contributed by atoms with van der Waals surface area (Å²) >= 11 is 0. The van der Waals surface area contributed by atoms with E-state index >= 15 is 0 Å². The maximum atomic E-state index is 13.1. The highest BCUT2D eigenvalue weighted by molar-refractivity contribution is 5.77. The minimum absolute atomic E-state index is 0.0731. The molecular weight excluding hydrogens is 284 g/mol. The molecule has 1 aromatic rings. The predicted molar refractivity (Wildman–Crippen MR) is 71.0 cm³/mol. The van der Waals surface area contributed by atoms with E-state index in [9.17, 15) is 18.4 Å². The van der Waals surface area contributed by atoms with Crippen molar-refractivity contribution in [3.8, 4) is 0 Å². The van der Waals surface area contributed by atoms with Crippen LogP contribution < -0.4 is 5.32 Å². The zero-order chi connectivity index (χ0) is 16.2. The number of amides is 1. The van der Waals surface area contributed by atoms with Gasteiger partial charge in [0.05, 0.1) is 5.92 Å². The quantitative estimate of drug-likeness (QED) is 0.896. The highest BCUT2D eigenvalue weighted by Gasteiger charge is 2.23. The molecule has 0 fully saturated rings. The number of carboxylic acid groups (broad SMARTS) is 1. The van der Waals surface area contributed by atoms with E-state index in [0.29, 0.717) is 6.07 Å². The Morgan fingerprint density at radius 3 is 2.19 bits per heavy atom. The molecule has 1 rings (SSSR count). The molecule has 7 heteroatoms. The summed E-state index contributed by atoms with van der Waals surface area (Å²) < 4.78 is 31.2. The smallest absolute Gasteiger partial charge is 0.407 e. The monoisotopic (exact) mass is 301 g/mol. The topological polar surface area (TPSA) is 75.6 Å². The van der Waals surface area contributed by atoms with Crippen molar-refractivity contribution in [3.63, 3.8) is 0 Å². The first-order chi connectivity index (χ1) is 9.58. The standard InChI is InChI=1S/C14H17F2NO4/c1-14(2,3)21-13(20)17-7-11(12(18)19)8-4-9(15)6-10(16)5-8/h4-6,11H,7H2,1-3H3,(H,17,20)(H,18,19). The molecule has 0 radical (unpaired) electrons. The number of aliphatic carboxylic acids is 1. The third kappa shape index (κ3) is 5.76. The van der Waals surface area contributed by atoms with Crippen LogP contribution >= 0.6 is 0 Å². The van der Waals surface area contributed by atoms with Gasteiger partial charge in [0, 0.05) is 12.6 Å². The number of hydrogen-bond donors (Lipinski definition) is 2. The molecule has 0 aromatic heterocycles. The first-order valence-corrected chi connectivity index (χ1v) is 6.24. The van der Waals surface area contributed by atoms with Gasteiger partial charge in [0.15, 0.2) is 0 Å². The third-order valence-electron chi connectivity index (χ3n) is 2.43. The van der Waals surface area contributed by atoms with E-state index in [2.05, 4.69) is 5.32 Å². The van der Waals surface area contributed by atoms with Crippen molar-refractivity contribution in [2.24, 2.45) is 0 Å². The van der Waals surface area contributed by atoms with Gasteiger partial charge < -0.3 is 15.2 Å². The number of carboxylic acids is 1. The molecule has 1 amide bonds. The Morgan fingerprint density at radius 2 is 1.76 bits per heavy atom. The van der Waals surface area contributed by atoms with Crippen LogP contribution in [0.15, 0.2) is 18.2 Å². The van der Waals surface area contributed by atoms with E-state index in [1.807, 2.05) is 0 Å². The number of rotatable bonds is 4. The Bertz CT molecular complexity index is 520. The molecular formula is C14H17F2NO4. The van der Waals surface area contributed by atoms with Crippen molar-refractivity contribution in [3.05, 3.63) is 35.4 Å². The number of hydrogen-bond acceptors (Lipinski definition) is 3.